The second kappa shape index (κ2) is 13.4. The van der Waals surface area contributed by atoms with Crippen molar-refractivity contribution in [3.8, 4) is 11.5 Å². The molecule has 0 saturated heterocycles. The van der Waals surface area contributed by atoms with Crippen LogP contribution in [-0.2, 0) is 16.1 Å². The van der Waals surface area contributed by atoms with Gasteiger partial charge in [0.25, 0.3) is 0 Å². The summed E-state index contributed by atoms with van der Waals surface area (Å²) >= 11 is 0. The fourth-order valence-electron chi connectivity index (χ4n) is 3.30. The van der Waals surface area contributed by atoms with E-state index in [4.69, 9.17) is 19.3 Å². The highest BCUT2D eigenvalue weighted by Crippen LogP contribution is 2.28. The lowest BCUT2D eigenvalue weighted by Gasteiger charge is -2.14. The van der Waals surface area contributed by atoms with Crippen LogP contribution in [0.2, 0.25) is 0 Å². The monoisotopic (exact) mass is 507 g/mol. The van der Waals surface area contributed by atoms with Gasteiger partial charge in [0.15, 0.2) is 0 Å². The smallest absolute Gasteiger partial charge is 0.411 e. The fraction of sp³-hybridized carbons (Fsp3) is 0.222. The van der Waals surface area contributed by atoms with E-state index < -0.39 is 18.1 Å². The number of aryl methyl sites for hydroxylation is 1. The van der Waals surface area contributed by atoms with E-state index in [1.54, 1.807) is 48.5 Å². The Labute approximate surface area is 214 Å². The SMILES string of the molecule is COc1cc(NC(=O)OCc2cccc(OCCCC(=O)O)c2)ccc1NC(=O)Nc1ccccc1C. The predicted molar refractivity (Wildman–Crippen MR) is 139 cm³/mol. The molecule has 194 valence electrons. The number of hydrogen-bond acceptors (Lipinski definition) is 6. The number of carboxylic acids is 1. The largest absolute Gasteiger partial charge is 0.494 e. The summed E-state index contributed by atoms with van der Waals surface area (Å²) in [4.78, 5) is 35.3. The van der Waals surface area contributed by atoms with Gasteiger partial charge in [-0.1, -0.05) is 30.3 Å². The van der Waals surface area contributed by atoms with Crippen molar-refractivity contribution in [2.45, 2.75) is 26.4 Å². The molecule has 0 aliphatic carbocycles. The number of aliphatic carboxylic acids is 1. The Balaban J connectivity index is 1.51. The van der Waals surface area contributed by atoms with Crippen LogP contribution >= 0.6 is 0 Å². The lowest BCUT2D eigenvalue weighted by molar-refractivity contribution is -0.137. The molecule has 0 heterocycles. The maximum atomic E-state index is 12.4. The topological polar surface area (TPSA) is 135 Å². The summed E-state index contributed by atoms with van der Waals surface area (Å²) in [6.07, 6.45) is -0.244. The second-order valence-corrected chi connectivity index (χ2v) is 8.00. The molecule has 0 bridgehead atoms. The van der Waals surface area contributed by atoms with E-state index in [1.807, 2.05) is 25.1 Å². The molecule has 3 amide bonds. The van der Waals surface area contributed by atoms with Gasteiger partial charge in [-0.05, 0) is 54.8 Å². The third-order valence-corrected chi connectivity index (χ3v) is 5.16. The number of carbonyl (C=O) groups excluding carboxylic acids is 2. The number of ether oxygens (including phenoxy) is 3. The van der Waals surface area contributed by atoms with Gasteiger partial charge >= 0.3 is 18.1 Å². The Bertz CT molecular complexity index is 1250. The van der Waals surface area contributed by atoms with Crippen molar-refractivity contribution < 1.29 is 33.7 Å². The molecule has 3 aromatic rings. The van der Waals surface area contributed by atoms with E-state index in [2.05, 4.69) is 16.0 Å². The van der Waals surface area contributed by atoms with Crippen LogP contribution in [0.5, 0.6) is 11.5 Å². The van der Waals surface area contributed by atoms with Crippen molar-refractivity contribution in [1.82, 2.24) is 0 Å². The number of carbonyl (C=O) groups is 3. The first-order chi connectivity index (χ1) is 17.8. The minimum atomic E-state index is -0.871. The molecule has 0 aliphatic rings. The molecule has 10 nitrogen and oxygen atoms in total. The fourth-order valence-corrected chi connectivity index (χ4v) is 3.30. The summed E-state index contributed by atoms with van der Waals surface area (Å²) in [5, 5.41) is 16.8. The zero-order chi connectivity index (χ0) is 26.6. The Morgan fingerprint density at radius 2 is 1.68 bits per heavy atom. The van der Waals surface area contributed by atoms with Gasteiger partial charge in [-0.25, -0.2) is 9.59 Å². The van der Waals surface area contributed by atoms with Crippen molar-refractivity contribution in [3.63, 3.8) is 0 Å². The molecule has 0 aromatic heterocycles. The number of anilines is 3. The van der Waals surface area contributed by atoms with Crippen molar-refractivity contribution in [3.05, 3.63) is 77.9 Å². The second-order valence-electron chi connectivity index (χ2n) is 8.00. The number of carboxylic acid groups (broad SMARTS) is 1. The standard InChI is InChI=1S/C27H29N3O7/c1-18-7-3-4-10-22(18)29-26(33)30-23-13-12-20(16-24(23)35-2)28-27(34)37-17-19-8-5-9-21(15-19)36-14-6-11-25(31)32/h3-5,7-10,12-13,15-16H,6,11,14,17H2,1-2H3,(H,28,34)(H,31,32)(H2,29,30,33). The van der Waals surface area contributed by atoms with E-state index in [1.165, 1.54) is 7.11 Å². The first-order valence-corrected chi connectivity index (χ1v) is 11.5. The van der Waals surface area contributed by atoms with Crippen molar-refractivity contribution in [2.75, 3.05) is 29.7 Å². The van der Waals surface area contributed by atoms with Crippen LogP contribution < -0.4 is 25.4 Å². The molecule has 0 spiro atoms. The summed E-state index contributed by atoms with van der Waals surface area (Å²) in [6.45, 7) is 2.18. The van der Waals surface area contributed by atoms with E-state index in [9.17, 15) is 14.4 Å². The number of amides is 3. The number of urea groups is 1. The highest BCUT2D eigenvalue weighted by Gasteiger charge is 2.12. The van der Waals surface area contributed by atoms with E-state index >= 15 is 0 Å². The molecule has 3 aromatic carbocycles. The zero-order valence-electron chi connectivity index (χ0n) is 20.6. The number of methoxy groups -OCH3 is 1. The molecule has 0 radical (unpaired) electrons. The third kappa shape index (κ3) is 8.77. The Morgan fingerprint density at radius 1 is 0.892 bits per heavy atom. The van der Waals surface area contributed by atoms with Crippen molar-refractivity contribution in [1.29, 1.82) is 0 Å². The van der Waals surface area contributed by atoms with Gasteiger partial charge in [0.1, 0.15) is 18.1 Å². The normalized spacial score (nSPS) is 10.2. The van der Waals surface area contributed by atoms with Crippen LogP contribution in [-0.4, -0.2) is 36.9 Å². The molecule has 4 N–H and O–H groups in total. The summed E-state index contributed by atoms with van der Waals surface area (Å²) in [7, 11) is 1.46. The lowest BCUT2D eigenvalue weighted by Crippen LogP contribution is -2.20. The van der Waals surface area contributed by atoms with E-state index in [0.717, 1.165) is 5.56 Å². The number of hydrogen-bond donors (Lipinski definition) is 4. The van der Waals surface area contributed by atoms with Crippen molar-refractivity contribution >= 4 is 35.2 Å². The van der Waals surface area contributed by atoms with Gasteiger partial charge in [-0.2, -0.15) is 0 Å². The molecule has 0 aliphatic heterocycles. The summed E-state index contributed by atoms with van der Waals surface area (Å²) in [5.41, 5.74) is 3.17. The minimum absolute atomic E-state index is 0.00794. The molecular weight excluding hydrogens is 478 g/mol. The third-order valence-electron chi connectivity index (χ3n) is 5.16. The molecule has 3 rings (SSSR count). The molecule has 0 fully saturated rings. The quantitative estimate of drug-likeness (QED) is 0.247. The van der Waals surface area contributed by atoms with E-state index in [0.29, 0.717) is 40.5 Å². The average molecular weight is 508 g/mol. The van der Waals surface area contributed by atoms with Crippen LogP contribution in [0.3, 0.4) is 0 Å². The molecular formula is C27H29N3O7. The van der Waals surface area contributed by atoms with Gasteiger partial charge < -0.3 is 30.0 Å². The van der Waals surface area contributed by atoms with Gasteiger partial charge in [0.2, 0.25) is 0 Å². The van der Waals surface area contributed by atoms with Crippen molar-refractivity contribution in [2.24, 2.45) is 0 Å². The van der Waals surface area contributed by atoms with Crippen LogP contribution in [0.15, 0.2) is 66.7 Å². The first-order valence-electron chi connectivity index (χ1n) is 11.5. The zero-order valence-corrected chi connectivity index (χ0v) is 20.6. The number of nitrogens with one attached hydrogen (secondary N) is 3. The summed E-state index contributed by atoms with van der Waals surface area (Å²) in [6, 6.07) is 18.8. The Kier molecular flexibility index (Phi) is 9.72. The van der Waals surface area contributed by atoms with E-state index in [-0.39, 0.29) is 19.6 Å². The average Bonchev–Trinajstić information content (AvgIpc) is 2.88. The van der Waals surface area contributed by atoms with Crippen LogP contribution in [0, 0.1) is 6.92 Å². The van der Waals surface area contributed by atoms with Gasteiger partial charge in [-0.15, -0.1) is 0 Å². The van der Waals surface area contributed by atoms with Crippen LogP contribution in [0.1, 0.15) is 24.0 Å². The highest BCUT2D eigenvalue weighted by molar-refractivity contribution is 6.01. The van der Waals surface area contributed by atoms with Gasteiger partial charge in [0.05, 0.1) is 19.4 Å². The van der Waals surface area contributed by atoms with Gasteiger partial charge in [0, 0.05) is 23.9 Å². The lowest BCUT2D eigenvalue weighted by atomic mass is 10.2. The Morgan fingerprint density at radius 3 is 2.43 bits per heavy atom. The number of benzene rings is 3. The highest BCUT2D eigenvalue weighted by atomic mass is 16.5. The predicted octanol–water partition coefficient (Wildman–Crippen LogP) is 5.64. The number of rotatable bonds is 11. The minimum Gasteiger partial charge on any atom is -0.494 e. The first kappa shape index (κ1) is 26.9. The molecule has 10 heteroatoms. The summed E-state index contributed by atoms with van der Waals surface area (Å²) in [5.74, 6) is 0.0422. The van der Waals surface area contributed by atoms with Crippen LogP contribution in [0.25, 0.3) is 0 Å². The maximum Gasteiger partial charge on any atom is 0.411 e. The molecule has 37 heavy (non-hydrogen) atoms. The maximum absolute atomic E-state index is 12.4. The summed E-state index contributed by atoms with van der Waals surface area (Å²) < 4.78 is 16.2. The van der Waals surface area contributed by atoms with Crippen LogP contribution in [0.4, 0.5) is 26.7 Å². The molecule has 0 atom stereocenters. The molecule has 0 unspecified atom stereocenters. The number of para-hydroxylation sites is 1. The molecule has 0 saturated carbocycles. The van der Waals surface area contributed by atoms with Gasteiger partial charge in [-0.3, -0.25) is 10.1 Å². The Hall–Kier alpha value is -4.73.